The van der Waals surface area contributed by atoms with Crippen molar-refractivity contribution in [3.63, 3.8) is 0 Å². The van der Waals surface area contributed by atoms with Gasteiger partial charge in [0.25, 0.3) is 0 Å². The second kappa shape index (κ2) is 7.41. The summed E-state index contributed by atoms with van der Waals surface area (Å²) < 4.78 is 5.71. The first-order valence-electron chi connectivity index (χ1n) is 8.73. The molecule has 0 saturated heterocycles. The number of imidazole rings is 1. The molecule has 0 atom stereocenters. The van der Waals surface area contributed by atoms with E-state index in [4.69, 9.17) is 4.42 Å². The van der Waals surface area contributed by atoms with Crippen LogP contribution in [0.5, 0.6) is 0 Å². The fourth-order valence-electron chi connectivity index (χ4n) is 2.98. The van der Waals surface area contributed by atoms with Crippen LogP contribution in [0.4, 0.5) is 0 Å². The van der Waals surface area contributed by atoms with E-state index in [1.165, 1.54) is 18.2 Å². The maximum absolute atomic E-state index is 11.3. The highest BCUT2D eigenvalue weighted by atomic mass is 16.4. The van der Waals surface area contributed by atoms with Crippen LogP contribution in [0.1, 0.15) is 32.3 Å². The van der Waals surface area contributed by atoms with E-state index in [9.17, 15) is 25.1 Å². The highest BCUT2D eigenvalue weighted by Crippen LogP contribution is 2.27. The van der Waals surface area contributed by atoms with Crippen molar-refractivity contribution in [2.45, 2.75) is 0 Å². The fourth-order valence-corrected chi connectivity index (χ4v) is 2.98. The predicted octanol–water partition coefficient (Wildman–Crippen LogP) is 4.28. The van der Waals surface area contributed by atoms with Crippen LogP contribution in [-0.4, -0.2) is 32.1 Å². The summed E-state index contributed by atoms with van der Waals surface area (Å²) >= 11 is 0. The number of hydrogen-bond acceptors (Lipinski definition) is 5. The predicted molar refractivity (Wildman–Crippen MR) is 108 cm³/mol. The Bertz CT molecular complexity index is 1310. The molecule has 3 N–H and O–H groups in total. The molecule has 0 aliphatic rings. The third kappa shape index (κ3) is 3.55. The van der Waals surface area contributed by atoms with E-state index in [1.54, 1.807) is 12.1 Å². The van der Waals surface area contributed by atoms with Gasteiger partial charge in [-0.25, -0.2) is 14.6 Å². The van der Waals surface area contributed by atoms with Crippen molar-refractivity contribution >= 4 is 34.6 Å². The maximum atomic E-state index is 11.3. The second-order valence-electron chi connectivity index (χ2n) is 6.38. The number of aromatic amines is 1. The van der Waals surface area contributed by atoms with Gasteiger partial charge in [0, 0.05) is 11.6 Å². The lowest BCUT2D eigenvalue weighted by Gasteiger charge is -2.03. The number of benzene rings is 2. The Morgan fingerprint density at radius 2 is 1.73 bits per heavy atom. The van der Waals surface area contributed by atoms with Crippen LogP contribution >= 0.6 is 0 Å². The Labute approximate surface area is 169 Å². The topological polar surface area (TPSA) is 140 Å². The van der Waals surface area contributed by atoms with Gasteiger partial charge >= 0.3 is 11.9 Å². The minimum atomic E-state index is -1.25. The number of nitrogens with one attached hydrogen (secondary N) is 1. The van der Waals surface area contributed by atoms with Gasteiger partial charge in [-0.15, -0.1) is 0 Å². The summed E-state index contributed by atoms with van der Waals surface area (Å²) in [6, 6.07) is 16.4. The molecule has 0 unspecified atom stereocenters. The molecule has 0 spiro atoms. The molecule has 8 nitrogen and oxygen atoms in total. The summed E-state index contributed by atoms with van der Waals surface area (Å²) in [4.78, 5) is 30.1. The number of nitriles is 1. The molecule has 0 bridgehead atoms. The monoisotopic (exact) mass is 399 g/mol. The number of carboxylic acid groups (broad SMARTS) is 2. The number of carboxylic acids is 2. The average Bonchev–Trinajstić information content (AvgIpc) is 3.38. The fraction of sp³-hybridized carbons (Fsp3) is 0. The molecule has 146 valence electrons. The van der Waals surface area contributed by atoms with Crippen molar-refractivity contribution in [2.75, 3.05) is 0 Å². The third-order valence-corrected chi connectivity index (χ3v) is 4.39. The van der Waals surface area contributed by atoms with Crippen LogP contribution in [0.25, 0.3) is 34.0 Å². The lowest BCUT2D eigenvalue weighted by Crippen LogP contribution is -2.02. The van der Waals surface area contributed by atoms with E-state index in [1.807, 2.05) is 24.3 Å². The van der Waals surface area contributed by atoms with Gasteiger partial charge in [0.2, 0.25) is 0 Å². The summed E-state index contributed by atoms with van der Waals surface area (Å²) in [6.45, 7) is 0. The van der Waals surface area contributed by atoms with Crippen molar-refractivity contribution in [2.24, 2.45) is 0 Å². The number of nitrogens with zero attached hydrogens (tertiary/aromatic N) is 2. The zero-order valence-electron chi connectivity index (χ0n) is 15.3. The molecule has 2 aromatic heterocycles. The Hall–Kier alpha value is -4.64. The van der Waals surface area contributed by atoms with Crippen LogP contribution in [0.3, 0.4) is 0 Å². The largest absolute Gasteiger partial charge is 0.478 e. The van der Waals surface area contributed by atoms with Crippen molar-refractivity contribution in [3.05, 3.63) is 77.3 Å². The molecule has 0 aliphatic carbocycles. The number of para-hydroxylation sites is 2. The van der Waals surface area contributed by atoms with E-state index in [0.717, 1.165) is 17.1 Å². The molecule has 0 saturated carbocycles. The molecule has 0 radical (unpaired) electrons. The Morgan fingerprint density at radius 1 is 1.03 bits per heavy atom. The van der Waals surface area contributed by atoms with Gasteiger partial charge in [-0.2, -0.15) is 5.26 Å². The molecule has 2 aromatic carbocycles. The Balaban J connectivity index is 1.72. The van der Waals surface area contributed by atoms with E-state index in [-0.39, 0.29) is 22.5 Å². The molecule has 0 aliphatic heterocycles. The highest BCUT2D eigenvalue weighted by Gasteiger charge is 2.15. The first-order chi connectivity index (χ1) is 14.4. The summed E-state index contributed by atoms with van der Waals surface area (Å²) in [6.07, 6.45) is 1.50. The normalized spacial score (nSPS) is 11.4. The average molecular weight is 399 g/mol. The van der Waals surface area contributed by atoms with Crippen molar-refractivity contribution in [3.8, 4) is 17.4 Å². The van der Waals surface area contributed by atoms with Gasteiger partial charge in [0.15, 0.2) is 0 Å². The molecular formula is C22H13N3O5. The van der Waals surface area contributed by atoms with Crippen LogP contribution in [0.15, 0.2) is 59.0 Å². The standard InChI is InChI=1S/C22H13N3O5/c23-11-15(20-24-17-3-1-2-4-18(17)25-20)10-16-5-6-19(30-16)12-7-13(21(26)27)9-14(8-12)22(28)29/h1-10H,(H,24,25)(H,26,27)(H,28,29). The van der Waals surface area contributed by atoms with Gasteiger partial charge < -0.3 is 19.6 Å². The number of furan rings is 1. The van der Waals surface area contributed by atoms with Crippen molar-refractivity contribution in [1.29, 1.82) is 5.26 Å². The van der Waals surface area contributed by atoms with Crippen LogP contribution in [0.2, 0.25) is 0 Å². The number of allylic oxidation sites excluding steroid dienone is 1. The SMILES string of the molecule is N#CC(=Cc1ccc(-c2cc(C(=O)O)cc(C(=O)O)c2)o1)c1nc2ccccc2[nH]1. The lowest BCUT2D eigenvalue weighted by molar-refractivity contribution is 0.0696. The lowest BCUT2D eigenvalue weighted by atomic mass is 10.0. The van der Waals surface area contributed by atoms with Crippen LogP contribution in [-0.2, 0) is 0 Å². The summed E-state index contributed by atoms with van der Waals surface area (Å²) in [5.41, 5.74) is 1.73. The van der Waals surface area contributed by atoms with Gasteiger partial charge in [0.1, 0.15) is 23.4 Å². The quantitative estimate of drug-likeness (QED) is 0.425. The number of aromatic carboxylic acids is 2. The van der Waals surface area contributed by atoms with Crippen molar-refractivity contribution < 1.29 is 24.2 Å². The molecule has 0 fully saturated rings. The number of fused-ring (bicyclic) bond motifs is 1. The number of rotatable bonds is 5. The smallest absolute Gasteiger partial charge is 0.335 e. The Kier molecular flexibility index (Phi) is 4.62. The van der Waals surface area contributed by atoms with Gasteiger partial charge in [0.05, 0.1) is 27.7 Å². The number of hydrogen-bond donors (Lipinski definition) is 3. The summed E-state index contributed by atoms with van der Waals surface area (Å²) in [5.74, 6) is -1.50. The first kappa shape index (κ1) is 18.7. The van der Waals surface area contributed by atoms with Gasteiger partial charge in [-0.3, -0.25) is 0 Å². The first-order valence-corrected chi connectivity index (χ1v) is 8.73. The van der Waals surface area contributed by atoms with E-state index < -0.39 is 11.9 Å². The number of H-pyrrole nitrogens is 1. The molecule has 4 rings (SSSR count). The maximum Gasteiger partial charge on any atom is 0.335 e. The zero-order valence-corrected chi connectivity index (χ0v) is 15.3. The van der Waals surface area contributed by atoms with Crippen LogP contribution < -0.4 is 0 Å². The highest BCUT2D eigenvalue weighted by molar-refractivity contribution is 5.96. The molecule has 30 heavy (non-hydrogen) atoms. The summed E-state index contributed by atoms with van der Waals surface area (Å²) in [7, 11) is 0. The number of aromatic nitrogens is 2. The third-order valence-electron chi connectivity index (χ3n) is 4.39. The zero-order chi connectivity index (χ0) is 21.3. The minimum Gasteiger partial charge on any atom is -0.478 e. The molecular weight excluding hydrogens is 386 g/mol. The van der Waals surface area contributed by atoms with Crippen molar-refractivity contribution in [1.82, 2.24) is 9.97 Å². The van der Waals surface area contributed by atoms with E-state index in [2.05, 4.69) is 16.0 Å². The van der Waals surface area contributed by atoms with Gasteiger partial charge in [-0.05, 0) is 42.5 Å². The minimum absolute atomic E-state index is 0.168. The molecule has 0 amide bonds. The summed E-state index contributed by atoms with van der Waals surface area (Å²) in [5, 5.41) is 28.0. The van der Waals surface area contributed by atoms with E-state index >= 15 is 0 Å². The van der Waals surface area contributed by atoms with E-state index in [0.29, 0.717) is 17.1 Å². The van der Waals surface area contributed by atoms with Crippen LogP contribution in [0, 0.1) is 11.3 Å². The molecule has 2 heterocycles. The van der Waals surface area contributed by atoms with Gasteiger partial charge in [-0.1, -0.05) is 12.1 Å². The second-order valence-corrected chi connectivity index (χ2v) is 6.38. The Morgan fingerprint density at radius 3 is 2.37 bits per heavy atom. The molecule has 4 aromatic rings. The number of carbonyl (C=O) groups is 2. The molecule has 8 heteroatoms.